The van der Waals surface area contributed by atoms with E-state index in [4.69, 9.17) is 10.3 Å². The molecule has 1 amide bonds. The molecule has 0 aromatic carbocycles. The molecule has 2 heterocycles. The second-order valence-electron chi connectivity index (χ2n) is 5.74. The highest BCUT2D eigenvalue weighted by atomic mass is 16.5. The van der Waals surface area contributed by atoms with Crippen molar-refractivity contribution < 1.29 is 9.32 Å². The maximum Gasteiger partial charge on any atom is 0.275 e. The number of hydrogen-bond acceptors (Lipinski definition) is 5. The van der Waals surface area contributed by atoms with Crippen LogP contribution in [0.1, 0.15) is 30.8 Å². The standard InChI is InChI=1S/C16H22N4O2/c1-11(2)13(17)6-8-20(3)16(21)14-9-15(22-19-14)12-5-4-7-18-10-12/h4-5,7,9-11,13H,6,8,17H2,1-3H3. The topological polar surface area (TPSA) is 85.2 Å². The molecule has 2 aromatic heterocycles. The van der Waals surface area contributed by atoms with Crippen molar-refractivity contribution in [1.29, 1.82) is 0 Å². The Balaban J connectivity index is 2.00. The van der Waals surface area contributed by atoms with E-state index in [2.05, 4.69) is 24.0 Å². The van der Waals surface area contributed by atoms with Gasteiger partial charge >= 0.3 is 0 Å². The van der Waals surface area contributed by atoms with E-state index < -0.39 is 0 Å². The van der Waals surface area contributed by atoms with Crippen molar-refractivity contribution in [2.45, 2.75) is 26.3 Å². The molecule has 2 rings (SSSR count). The minimum atomic E-state index is -0.171. The molecule has 1 atom stereocenters. The summed E-state index contributed by atoms with van der Waals surface area (Å²) < 4.78 is 5.22. The molecule has 6 heteroatoms. The Hall–Kier alpha value is -2.21. The molecule has 0 aliphatic rings. The zero-order chi connectivity index (χ0) is 16.1. The normalized spacial score (nSPS) is 12.4. The van der Waals surface area contributed by atoms with Gasteiger partial charge in [0.05, 0.1) is 0 Å². The first kappa shape index (κ1) is 16.2. The largest absolute Gasteiger partial charge is 0.355 e. The molecule has 0 radical (unpaired) electrons. The summed E-state index contributed by atoms with van der Waals surface area (Å²) in [5.74, 6) is 0.756. The summed E-state index contributed by atoms with van der Waals surface area (Å²) >= 11 is 0. The Morgan fingerprint density at radius 3 is 2.86 bits per heavy atom. The van der Waals surface area contributed by atoms with Gasteiger partial charge in [0.15, 0.2) is 11.5 Å². The van der Waals surface area contributed by atoms with Gasteiger partial charge in [0.1, 0.15) is 0 Å². The highest BCUT2D eigenvalue weighted by molar-refractivity contribution is 5.92. The Morgan fingerprint density at radius 1 is 1.45 bits per heavy atom. The number of rotatable bonds is 6. The second kappa shape index (κ2) is 7.17. The molecule has 0 aliphatic heterocycles. The molecule has 0 aliphatic carbocycles. The first-order chi connectivity index (χ1) is 10.5. The van der Waals surface area contributed by atoms with Crippen LogP contribution in [0.25, 0.3) is 11.3 Å². The van der Waals surface area contributed by atoms with E-state index in [1.807, 2.05) is 6.07 Å². The van der Waals surface area contributed by atoms with Crippen LogP contribution < -0.4 is 5.73 Å². The van der Waals surface area contributed by atoms with Crippen molar-refractivity contribution in [3.8, 4) is 11.3 Å². The molecular formula is C16H22N4O2. The number of pyridine rings is 1. The molecule has 1 unspecified atom stereocenters. The van der Waals surface area contributed by atoms with Crippen LogP contribution in [0.4, 0.5) is 0 Å². The van der Waals surface area contributed by atoms with Crippen LogP contribution in [0.2, 0.25) is 0 Å². The van der Waals surface area contributed by atoms with Crippen molar-refractivity contribution in [2.24, 2.45) is 11.7 Å². The molecule has 0 fully saturated rings. The van der Waals surface area contributed by atoms with Crippen molar-refractivity contribution in [3.05, 3.63) is 36.3 Å². The Labute approximate surface area is 130 Å². The average molecular weight is 302 g/mol. The zero-order valence-electron chi connectivity index (χ0n) is 13.2. The van der Waals surface area contributed by atoms with E-state index >= 15 is 0 Å². The molecular weight excluding hydrogens is 280 g/mol. The third kappa shape index (κ3) is 3.92. The first-order valence-electron chi connectivity index (χ1n) is 7.37. The third-order valence-electron chi connectivity index (χ3n) is 3.68. The molecule has 0 saturated carbocycles. The van der Waals surface area contributed by atoms with E-state index in [0.29, 0.717) is 23.9 Å². The van der Waals surface area contributed by atoms with Gasteiger partial charge in [-0.3, -0.25) is 9.78 Å². The van der Waals surface area contributed by atoms with Gasteiger partial charge in [0.25, 0.3) is 5.91 Å². The molecule has 0 spiro atoms. The van der Waals surface area contributed by atoms with E-state index in [9.17, 15) is 4.79 Å². The number of aromatic nitrogens is 2. The lowest BCUT2D eigenvalue weighted by Crippen LogP contribution is -2.34. The number of nitrogens with two attached hydrogens (primary N) is 1. The highest BCUT2D eigenvalue weighted by Crippen LogP contribution is 2.19. The zero-order valence-corrected chi connectivity index (χ0v) is 13.2. The summed E-state index contributed by atoms with van der Waals surface area (Å²) in [5.41, 5.74) is 7.09. The predicted molar refractivity (Wildman–Crippen MR) is 84.1 cm³/mol. The number of carbonyl (C=O) groups is 1. The summed E-state index contributed by atoms with van der Waals surface area (Å²) in [7, 11) is 1.74. The van der Waals surface area contributed by atoms with Crippen molar-refractivity contribution >= 4 is 5.91 Å². The van der Waals surface area contributed by atoms with Crippen LogP contribution in [0, 0.1) is 5.92 Å². The lowest BCUT2D eigenvalue weighted by atomic mass is 10.0. The predicted octanol–water partition coefficient (Wildman–Crippen LogP) is 2.18. The summed E-state index contributed by atoms with van der Waals surface area (Å²) in [6.07, 6.45) is 4.10. The van der Waals surface area contributed by atoms with E-state index in [1.165, 1.54) is 0 Å². The average Bonchev–Trinajstić information content (AvgIpc) is 3.02. The van der Waals surface area contributed by atoms with Gasteiger partial charge in [-0.1, -0.05) is 19.0 Å². The van der Waals surface area contributed by atoms with Crippen LogP contribution in [0.15, 0.2) is 35.1 Å². The number of carbonyl (C=O) groups excluding carboxylic acids is 1. The van der Waals surface area contributed by atoms with Crippen LogP contribution in [-0.2, 0) is 0 Å². The summed E-state index contributed by atoms with van der Waals surface area (Å²) in [4.78, 5) is 18.0. The van der Waals surface area contributed by atoms with Crippen LogP contribution in [-0.4, -0.2) is 40.6 Å². The van der Waals surface area contributed by atoms with Crippen molar-refractivity contribution in [3.63, 3.8) is 0 Å². The summed E-state index contributed by atoms with van der Waals surface area (Å²) in [6.45, 7) is 4.74. The summed E-state index contributed by atoms with van der Waals surface area (Å²) in [6, 6.07) is 5.38. The fraction of sp³-hybridized carbons (Fsp3) is 0.438. The highest BCUT2D eigenvalue weighted by Gasteiger charge is 2.18. The molecule has 6 nitrogen and oxygen atoms in total. The van der Waals surface area contributed by atoms with Gasteiger partial charge < -0.3 is 15.2 Å². The number of hydrogen-bond donors (Lipinski definition) is 1. The molecule has 22 heavy (non-hydrogen) atoms. The summed E-state index contributed by atoms with van der Waals surface area (Å²) in [5, 5.41) is 3.85. The Morgan fingerprint density at radius 2 is 2.23 bits per heavy atom. The van der Waals surface area contributed by atoms with Crippen molar-refractivity contribution in [2.75, 3.05) is 13.6 Å². The van der Waals surface area contributed by atoms with Gasteiger partial charge in [0.2, 0.25) is 0 Å². The third-order valence-corrected chi connectivity index (χ3v) is 3.68. The minimum Gasteiger partial charge on any atom is -0.355 e. The van der Waals surface area contributed by atoms with Gasteiger partial charge in [-0.2, -0.15) is 0 Å². The van der Waals surface area contributed by atoms with Gasteiger partial charge in [0, 0.05) is 43.7 Å². The van der Waals surface area contributed by atoms with Gasteiger partial charge in [-0.15, -0.1) is 0 Å². The molecule has 2 aromatic rings. The fourth-order valence-corrected chi connectivity index (χ4v) is 1.99. The van der Waals surface area contributed by atoms with E-state index in [0.717, 1.165) is 12.0 Å². The van der Waals surface area contributed by atoms with E-state index in [1.54, 1.807) is 36.5 Å². The maximum absolute atomic E-state index is 12.3. The lowest BCUT2D eigenvalue weighted by molar-refractivity contribution is 0.0779. The molecule has 118 valence electrons. The SMILES string of the molecule is CC(C)C(N)CCN(C)C(=O)c1cc(-c2cccnc2)on1. The fourth-order valence-electron chi connectivity index (χ4n) is 1.99. The van der Waals surface area contributed by atoms with Crippen molar-refractivity contribution in [1.82, 2.24) is 15.0 Å². The molecule has 0 saturated heterocycles. The smallest absolute Gasteiger partial charge is 0.275 e. The monoisotopic (exact) mass is 302 g/mol. The van der Waals surface area contributed by atoms with Crippen LogP contribution in [0.3, 0.4) is 0 Å². The van der Waals surface area contributed by atoms with Crippen LogP contribution >= 0.6 is 0 Å². The lowest BCUT2D eigenvalue weighted by Gasteiger charge is -2.20. The minimum absolute atomic E-state index is 0.0820. The Bertz CT molecular complexity index is 610. The van der Waals surface area contributed by atoms with Gasteiger partial charge in [-0.25, -0.2) is 0 Å². The first-order valence-corrected chi connectivity index (χ1v) is 7.37. The quantitative estimate of drug-likeness (QED) is 0.884. The Kier molecular flexibility index (Phi) is 5.27. The maximum atomic E-state index is 12.3. The van der Waals surface area contributed by atoms with Crippen LogP contribution in [0.5, 0.6) is 0 Å². The number of nitrogens with zero attached hydrogens (tertiary/aromatic N) is 3. The van der Waals surface area contributed by atoms with E-state index in [-0.39, 0.29) is 11.9 Å². The van der Waals surface area contributed by atoms with Gasteiger partial charge in [-0.05, 0) is 24.5 Å². The second-order valence-corrected chi connectivity index (χ2v) is 5.74. The molecule has 0 bridgehead atoms. The molecule has 2 N–H and O–H groups in total. The number of amides is 1.